The Morgan fingerprint density at radius 2 is 2.21 bits per heavy atom. The number of hydrogen-bond donors (Lipinski definition) is 1. The van der Waals surface area contributed by atoms with Gasteiger partial charge in [0.05, 0.1) is 6.61 Å². The molecule has 1 aromatic rings. The van der Waals surface area contributed by atoms with E-state index in [4.69, 9.17) is 4.74 Å². The molecule has 6 heteroatoms. The molecule has 0 fully saturated rings. The molecule has 0 aliphatic rings. The van der Waals surface area contributed by atoms with Crippen LogP contribution >= 0.6 is 0 Å². The highest BCUT2D eigenvalue weighted by molar-refractivity contribution is 5.81. The standard InChI is InChI=1S/C13H18N2O4/c1-4-19-11(16)7-5-6-10(3)15-8-9(2)12(17)14-13(15)18/h5,7-8,10H,4,6H2,1-3H3,(H,14,17,18). The molecule has 0 amide bonds. The number of aryl methyl sites for hydroxylation is 1. The summed E-state index contributed by atoms with van der Waals surface area (Å²) < 4.78 is 6.18. The molecule has 1 heterocycles. The Hall–Kier alpha value is -2.11. The monoisotopic (exact) mass is 266 g/mol. The highest BCUT2D eigenvalue weighted by Crippen LogP contribution is 2.08. The number of H-pyrrole nitrogens is 1. The van der Waals surface area contributed by atoms with E-state index in [9.17, 15) is 14.4 Å². The molecular weight excluding hydrogens is 248 g/mol. The Morgan fingerprint density at radius 1 is 1.53 bits per heavy atom. The Bertz CT molecular complexity index is 583. The third-order valence-corrected chi connectivity index (χ3v) is 2.64. The lowest BCUT2D eigenvalue weighted by molar-refractivity contribution is -0.137. The second-order valence-corrected chi connectivity index (χ2v) is 4.22. The Labute approximate surface area is 110 Å². The number of nitrogens with zero attached hydrogens (tertiary/aromatic N) is 1. The van der Waals surface area contributed by atoms with Gasteiger partial charge in [0, 0.05) is 23.9 Å². The summed E-state index contributed by atoms with van der Waals surface area (Å²) in [6, 6.07) is -0.159. The van der Waals surface area contributed by atoms with Gasteiger partial charge < -0.3 is 4.74 Å². The van der Waals surface area contributed by atoms with Crippen LogP contribution in [0.4, 0.5) is 0 Å². The van der Waals surface area contributed by atoms with E-state index in [1.165, 1.54) is 16.8 Å². The zero-order valence-corrected chi connectivity index (χ0v) is 11.3. The largest absolute Gasteiger partial charge is 0.463 e. The Kier molecular flexibility index (Phi) is 5.29. The maximum Gasteiger partial charge on any atom is 0.330 e. The van der Waals surface area contributed by atoms with Crippen LogP contribution in [-0.4, -0.2) is 22.1 Å². The van der Waals surface area contributed by atoms with Gasteiger partial charge in [-0.05, 0) is 27.2 Å². The van der Waals surface area contributed by atoms with Gasteiger partial charge in [0.2, 0.25) is 0 Å². The number of aromatic amines is 1. The van der Waals surface area contributed by atoms with Crippen LogP contribution in [0.15, 0.2) is 27.9 Å². The molecule has 0 aliphatic heterocycles. The van der Waals surface area contributed by atoms with E-state index in [1.807, 2.05) is 6.92 Å². The van der Waals surface area contributed by atoms with Gasteiger partial charge >= 0.3 is 11.7 Å². The van der Waals surface area contributed by atoms with Gasteiger partial charge in [-0.25, -0.2) is 9.59 Å². The lowest BCUT2D eigenvalue weighted by atomic mass is 10.2. The minimum atomic E-state index is -0.451. The average molecular weight is 266 g/mol. The lowest BCUT2D eigenvalue weighted by Crippen LogP contribution is -2.32. The number of rotatable bonds is 5. The van der Waals surface area contributed by atoms with Crippen molar-refractivity contribution in [3.63, 3.8) is 0 Å². The van der Waals surface area contributed by atoms with Gasteiger partial charge in [-0.2, -0.15) is 0 Å². The summed E-state index contributed by atoms with van der Waals surface area (Å²) >= 11 is 0. The summed E-state index contributed by atoms with van der Waals surface area (Å²) in [5.74, 6) is -0.403. The van der Waals surface area contributed by atoms with Crippen molar-refractivity contribution in [1.82, 2.24) is 9.55 Å². The van der Waals surface area contributed by atoms with Gasteiger partial charge in [-0.1, -0.05) is 6.08 Å². The van der Waals surface area contributed by atoms with E-state index in [1.54, 1.807) is 19.9 Å². The number of aromatic nitrogens is 2. The molecule has 0 bridgehead atoms. The maximum atomic E-state index is 11.6. The van der Waals surface area contributed by atoms with E-state index in [0.29, 0.717) is 18.6 Å². The fourth-order valence-corrected chi connectivity index (χ4v) is 1.58. The molecule has 1 atom stereocenters. The van der Waals surface area contributed by atoms with Crippen LogP contribution in [-0.2, 0) is 9.53 Å². The van der Waals surface area contributed by atoms with Crippen molar-refractivity contribution in [3.8, 4) is 0 Å². The molecule has 104 valence electrons. The zero-order valence-electron chi connectivity index (χ0n) is 11.3. The molecule has 19 heavy (non-hydrogen) atoms. The lowest BCUT2D eigenvalue weighted by Gasteiger charge is -2.12. The highest BCUT2D eigenvalue weighted by atomic mass is 16.5. The van der Waals surface area contributed by atoms with Crippen LogP contribution in [0.1, 0.15) is 31.9 Å². The van der Waals surface area contributed by atoms with Crippen LogP contribution in [0.2, 0.25) is 0 Å². The van der Waals surface area contributed by atoms with Gasteiger partial charge in [0.15, 0.2) is 0 Å². The molecule has 1 N–H and O–H groups in total. The van der Waals surface area contributed by atoms with E-state index < -0.39 is 11.7 Å². The third kappa shape index (κ3) is 4.24. The van der Waals surface area contributed by atoms with Gasteiger partial charge in [0.25, 0.3) is 5.56 Å². The zero-order chi connectivity index (χ0) is 14.4. The van der Waals surface area contributed by atoms with Crippen LogP contribution in [0.5, 0.6) is 0 Å². The van der Waals surface area contributed by atoms with Gasteiger partial charge in [-0.3, -0.25) is 14.3 Å². The van der Waals surface area contributed by atoms with Crippen molar-refractivity contribution in [2.45, 2.75) is 33.2 Å². The van der Waals surface area contributed by atoms with E-state index in [2.05, 4.69) is 4.98 Å². The second-order valence-electron chi connectivity index (χ2n) is 4.22. The first-order valence-corrected chi connectivity index (χ1v) is 6.11. The number of carbonyl (C=O) groups excluding carboxylic acids is 1. The first kappa shape index (κ1) is 14.9. The van der Waals surface area contributed by atoms with Crippen molar-refractivity contribution < 1.29 is 9.53 Å². The van der Waals surface area contributed by atoms with Gasteiger partial charge in [-0.15, -0.1) is 0 Å². The van der Waals surface area contributed by atoms with E-state index in [0.717, 1.165) is 0 Å². The first-order chi connectivity index (χ1) is 8.95. The van der Waals surface area contributed by atoms with Gasteiger partial charge in [0.1, 0.15) is 0 Å². The van der Waals surface area contributed by atoms with Crippen LogP contribution < -0.4 is 11.2 Å². The maximum absolute atomic E-state index is 11.6. The number of hydrogen-bond acceptors (Lipinski definition) is 4. The number of esters is 1. The number of nitrogens with one attached hydrogen (secondary N) is 1. The number of carbonyl (C=O) groups is 1. The molecule has 0 aliphatic carbocycles. The van der Waals surface area contributed by atoms with E-state index in [-0.39, 0.29) is 11.6 Å². The summed E-state index contributed by atoms with van der Waals surface area (Å²) in [6.45, 7) is 5.53. The minimum absolute atomic E-state index is 0.159. The van der Waals surface area contributed by atoms with Crippen LogP contribution in [0.25, 0.3) is 0 Å². The average Bonchev–Trinajstić information content (AvgIpc) is 2.34. The van der Waals surface area contributed by atoms with Crippen LogP contribution in [0, 0.1) is 6.92 Å². The smallest absolute Gasteiger partial charge is 0.330 e. The third-order valence-electron chi connectivity index (χ3n) is 2.64. The molecule has 1 unspecified atom stereocenters. The first-order valence-electron chi connectivity index (χ1n) is 6.11. The predicted molar refractivity (Wildman–Crippen MR) is 71.2 cm³/mol. The molecule has 1 rings (SSSR count). The van der Waals surface area contributed by atoms with Crippen molar-refractivity contribution in [2.75, 3.05) is 6.61 Å². The Balaban J connectivity index is 2.77. The summed E-state index contributed by atoms with van der Waals surface area (Å²) in [7, 11) is 0. The normalized spacial score (nSPS) is 12.6. The molecule has 0 aromatic carbocycles. The minimum Gasteiger partial charge on any atom is -0.463 e. The Morgan fingerprint density at radius 3 is 2.84 bits per heavy atom. The van der Waals surface area contributed by atoms with Crippen LogP contribution in [0.3, 0.4) is 0 Å². The molecule has 0 saturated heterocycles. The highest BCUT2D eigenvalue weighted by Gasteiger charge is 2.07. The predicted octanol–water partition coefficient (Wildman–Crippen LogP) is 0.915. The summed E-state index contributed by atoms with van der Waals surface area (Å²) in [5, 5.41) is 0. The van der Waals surface area contributed by atoms with Crippen molar-refractivity contribution in [1.29, 1.82) is 0 Å². The summed E-state index contributed by atoms with van der Waals surface area (Å²) in [6.07, 6.45) is 4.99. The molecule has 0 spiro atoms. The fourth-order valence-electron chi connectivity index (χ4n) is 1.58. The quantitative estimate of drug-likeness (QED) is 0.634. The van der Waals surface area contributed by atoms with Crippen molar-refractivity contribution >= 4 is 5.97 Å². The van der Waals surface area contributed by atoms with Crippen molar-refractivity contribution in [3.05, 3.63) is 44.8 Å². The summed E-state index contributed by atoms with van der Waals surface area (Å²) in [5.41, 5.74) is -0.357. The second kappa shape index (κ2) is 6.72. The molecular formula is C13H18N2O4. The molecule has 1 aromatic heterocycles. The topological polar surface area (TPSA) is 81.2 Å². The van der Waals surface area contributed by atoms with E-state index >= 15 is 0 Å². The summed E-state index contributed by atoms with van der Waals surface area (Å²) in [4.78, 5) is 36.2. The molecule has 0 radical (unpaired) electrons. The number of allylic oxidation sites excluding steroid dienone is 1. The van der Waals surface area contributed by atoms with Crippen molar-refractivity contribution in [2.24, 2.45) is 0 Å². The SMILES string of the molecule is CCOC(=O)C=CCC(C)n1cc(C)c(=O)[nH]c1=O. The molecule has 6 nitrogen and oxygen atoms in total. The molecule has 0 saturated carbocycles. The number of ether oxygens (including phenoxy) is 1. The fraction of sp³-hybridized carbons (Fsp3) is 0.462.